The van der Waals surface area contributed by atoms with Crippen molar-refractivity contribution in [2.24, 2.45) is 0 Å². The number of hydrogen-bond donors (Lipinski definition) is 0. The molecular formula is C27H21NO5. The first-order valence-electron chi connectivity index (χ1n) is 10.5. The van der Waals surface area contributed by atoms with E-state index < -0.39 is 6.04 Å². The molecule has 164 valence electrons. The van der Waals surface area contributed by atoms with Gasteiger partial charge in [-0.05, 0) is 54.1 Å². The van der Waals surface area contributed by atoms with E-state index in [4.69, 9.17) is 13.9 Å². The summed E-state index contributed by atoms with van der Waals surface area (Å²) >= 11 is 0. The van der Waals surface area contributed by atoms with Gasteiger partial charge in [0.15, 0.2) is 5.43 Å². The van der Waals surface area contributed by atoms with Crippen LogP contribution in [0.3, 0.4) is 0 Å². The van der Waals surface area contributed by atoms with Gasteiger partial charge >= 0.3 is 0 Å². The zero-order valence-electron chi connectivity index (χ0n) is 18.0. The molecule has 4 aromatic rings. The van der Waals surface area contributed by atoms with E-state index >= 15 is 0 Å². The Bertz CT molecular complexity index is 1400. The zero-order chi connectivity index (χ0) is 22.9. The first kappa shape index (κ1) is 20.6. The van der Waals surface area contributed by atoms with Gasteiger partial charge in [0.05, 0.1) is 24.1 Å². The summed E-state index contributed by atoms with van der Waals surface area (Å²) in [5, 5.41) is 0.441. The van der Waals surface area contributed by atoms with Crippen LogP contribution in [0.4, 0.5) is 5.69 Å². The van der Waals surface area contributed by atoms with Gasteiger partial charge in [-0.1, -0.05) is 36.9 Å². The summed E-state index contributed by atoms with van der Waals surface area (Å²) in [6.45, 7) is 4.04. The van der Waals surface area contributed by atoms with Crippen molar-refractivity contribution in [1.82, 2.24) is 0 Å². The number of rotatable bonds is 6. The highest BCUT2D eigenvalue weighted by Crippen LogP contribution is 2.41. The average molecular weight is 439 g/mol. The van der Waals surface area contributed by atoms with Gasteiger partial charge in [-0.2, -0.15) is 0 Å². The second-order valence-electron chi connectivity index (χ2n) is 7.61. The van der Waals surface area contributed by atoms with E-state index in [2.05, 4.69) is 6.58 Å². The molecule has 1 aliphatic rings. The minimum absolute atomic E-state index is 0.0616. The number of anilines is 1. The Labute approximate surface area is 190 Å². The molecule has 5 rings (SSSR count). The monoisotopic (exact) mass is 439 g/mol. The summed E-state index contributed by atoms with van der Waals surface area (Å²) in [5.74, 6) is 1.04. The number of benzene rings is 3. The quantitative estimate of drug-likeness (QED) is 0.390. The van der Waals surface area contributed by atoms with E-state index in [1.54, 1.807) is 66.6 Å². The number of fused-ring (bicyclic) bond motifs is 2. The molecule has 1 amide bonds. The molecule has 0 N–H and O–H groups in total. The molecule has 2 heterocycles. The minimum atomic E-state index is -0.643. The molecule has 0 saturated heterocycles. The molecule has 1 unspecified atom stereocenters. The van der Waals surface area contributed by atoms with Gasteiger partial charge in [0.25, 0.3) is 5.91 Å². The second kappa shape index (κ2) is 8.31. The van der Waals surface area contributed by atoms with Crippen molar-refractivity contribution in [1.29, 1.82) is 0 Å². The molecule has 3 aromatic carbocycles. The molecule has 1 aliphatic heterocycles. The zero-order valence-corrected chi connectivity index (χ0v) is 18.0. The molecule has 1 aromatic heterocycles. The Morgan fingerprint density at radius 2 is 1.67 bits per heavy atom. The highest BCUT2D eigenvalue weighted by molar-refractivity contribution is 6.10. The lowest BCUT2D eigenvalue weighted by Gasteiger charge is -2.25. The van der Waals surface area contributed by atoms with E-state index in [1.807, 2.05) is 24.3 Å². The number of para-hydroxylation sites is 1. The van der Waals surface area contributed by atoms with Gasteiger partial charge in [0.1, 0.15) is 23.7 Å². The summed E-state index contributed by atoms with van der Waals surface area (Å²) in [7, 11) is 1.58. The Morgan fingerprint density at radius 1 is 0.970 bits per heavy atom. The van der Waals surface area contributed by atoms with Crippen LogP contribution in [0.5, 0.6) is 11.5 Å². The number of amides is 1. The molecule has 1 atom stereocenters. The van der Waals surface area contributed by atoms with Crippen molar-refractivity contribution in [3.8, 4) is 11.5 Å². The number of carbonyl (C=O) groups is 1. The van der Waals surface area contributed by atoms with Crippen molar-refractivity contribution < 1.29 is 18.7 Å². The maximum absolute atomic E-state index is 13.6. The maximum atomic E-state index is 13.6. The van der Waals surface area contributed by atoms with Gasteiger partial charge in [-0.25, -0.2) is 0 Å². The van der Waals surface area contributed by atoms with Crippen LogP contribution in [0.1, 0.15) is 27.7 Å². The third-order valence-corrected chi connectivity index (χ3v) is 5.69. The lowest BCUT2D eigenvalue weighted by atomic mass is 9.98. The van der Waals surface area contributed by atoms with Gasteiger partial charge in [-0.3, -0.25) is 14.5 Å². The Kier molecular flexibility index (Phi) is 5.18. The third-order valence-electron chi connectivity index (χ3n) is 5.69. The van der Waals surface area contributed by atoms with Crippen molar-refractivity contribution in [3.63, 3.8) is 0 Å². The van der Waals surface area contributed by atoms with Crippen LogP contribution >= 0.6 is 0 Å². The van der Waals surface area contributed by atoms with E-state index in [0.717, 1.165) is 5.56 Å². The molecule has 0 bridgehead atoms. The smallest absolute Gasteiger partial charge is 0.295 e. The van der Waals surface area contributed by atoms with E-state index in [-0.39, 0.29) is 17.1 Å². The van der Waals surface area contributed by atoms with Crippen LogP contribution in [-0.2, 0) is 0 Å². The molecular weight excluding hydrogens is 418 g/mol. The Hall–Kier alpha value is -4.32. The van der Waals surface area contributed by atoms with Crippen LogP contribution in [0.15, 0.2) is 94.7 Å². The van der Waals surface area contributed by atoms with E-state index in [9.17, 15) is 9.59 Å². The van der Waals surface area contributed by atoms with Crippen molar-refractivity contribution >= 4 is 22.6 Å². The number of hydrogen-bond acceptors (Lipinski definition) is 5. The topological polar surface area (TPSA) is 69.0 Å². The molecule has 0 aliphatic carbocycles. The van der Waals surface area contributed by atoms with E-state index in [0.29, 0.717) is 40.3 Å². The first-order chi connectivity index (χ1) is 16.1. The van der Waals surface area contributed by atoms with Crippen molar-refractivity contribution in [2.45, 2.75) is 6.04 Å². The summed E-state index contributed by atoms with van der Waals surface area (Å²) < 4.78 is 16.8. The first-order valence-corrected chi connectivity index (χ1v) is 10.5. The number of ether oxygens (including phenoxy) is 2. The van der Waals surface area contributed by atoms with Crippen LogP contribution < -0.4 is 19.8 Å². The summed E-state index contributed by atoms with van der Waals surface area (Å²) in [6.07, 6.45) is 1.67. The number of nitrogens with zero attached hydrogens (tertiary/aromatic N) is 1. The molecule has 0 radical (unpaired) electrons. The fourth-order valence-corrected chi connectivity index (χ4v) is 4.15. The van der Waals surface area contributed by atoms with Crippen LogP contribution in [-0.4, -0.2) is 19.6 Å². The Morgan fingerprint density at radius 3 is 2.36 bits per heavy atom. The van der Waals surface area contributed by atoms with Crippen molar-refractivity contribution in [3.05, 3.63) is 113 Å². The summed E-state index contributed by atoms with van der Waals surface area (Å²) in [5.41, 5.74) is 1.90. The molecule has 6 nitrogen and oxygen atoms in total. The second-order valence-corrected chi connectivity index (χ2v) is 7.61. The van der Waals surface area contributed by atoms with Gasteiger partial charge in [-0.15, -0.1) is 0 Å². The molecule has 0 fully saturated rings. The summed E-state index contributed by atoms with van der Waals surface area (Å²) in [6, 6.07) is 20.8. The van der Waals surface area contributed by atoms with Gasteiger partial charge in [0.2, 0.25) is 5.76 Å². The summed E-state index contributed by atoms with van der Waals surface area (Å²) in [4.78, 5) is 28.7. The number of carbonyl (C=O) groups excluding carboxylic acids is 1. The van der Waals surface area contributed by atoms with Crippen molar-refractivity contribution in [2.75, 3.05) is 18.6 Å². The largest absolute Gasteiger partial charge is 0.497 e. The minimum Gasteiger partial charge on any atom is -0.497 e. The molecule has 0 saturated carbocycles. The van der Waals surface area contributed by atoms with Gasteiger partial charge in [0, 0.05) is 5.69 Å². The SMILES string of the molecule is C=CCOc1ccc(C2c3c(oc4ccccc4c3=O)C(=O)N2c2ccc(OC)cc2)cc1. The fourth-order valence-electron chi connectivity index (χ4n) is 4.15. The highest BCUT2D eigenvalue weighted by atomic mass is 16.5. The predicted molar refractivity (Wildman–Crippen MR) is 126 cm³/mol. The van der Waals surface area contributed by atoms with Crippen LogP contribution in [0.2, 0.25) is 0 Å². The van der Waals surface area contributed by atoms with Crippen LogP contribution in [0, 0.1) is 0 Å². The van der Waals surface area contributed by atoms with Crippen LogP contribution in [0.25, 0.3) is 11.0 Å². The average Bonchev–Trinajstić information content (AvgIpc) is 3.15. The van der Waals surface area contributed by atoms with E-state index in [1.165, 1.54) is 0 Å². The predicted octanol–water partition coefficient (Wildman–Crippen LogP) is 5.12. The normalized spacial score (nSPS) is 14.9. The fraction of sp³-hybridized carbons (Fsp3) is 0.111. The highest BCUT2D eigenvalue weighted by Gasteiger charge is 2.43. The number of methoxy groups -OCH3 is 1. The molecule has 6 heteroatoms. The maximum Gasteiger partial charge on any atom is 0.295 e. The molecule has 33 heavy (non-hydrogen) atoms. The lowest BCUT2D eigenvalue weighted by molar-refractivity contribution is 0.0971. The Balaban J connectivity index is 1.70. The third kappa shape index (κ3) is 3.46. The standard InChI is InChI=1S/C27H21NO5/c1-3-16-32-20-12-8-17(9-13-20)24-23-25(29)21-6-4-5-7-22(21)33-26(23)27(30)28(24)18-10-14-19(31-2)15-11-18/h3-15,24H,1,16H2,2H3. The molecule has 0 spiro atoms. The lowest BCUT2D eigenvalue weighted by Crippen LogP contribution is -2.29. The van der Waals surface area contributed by atoms with Gasteiger partial charge < -0.3 is 13.9 Å².